The quantitative estimate of drug-likeness (QED) is 0.746. The second-order valence-corrected chi connectivity index (χ2v) is 5.58. The molecule has 2 aromatic rings. The summed E-state index contributed by atoms with van der Waals surface area (Å²) in [4.78, 5) is 6.73. The number of benzene rings is 2. The van der Waals surface area contributed by atoms with Gasteiger partial charge in [-0.25, -0.2) is 0 Å². The summed E-state index contributed by atoms with van der Waals surface area (Å²) < 4.78 is 0. The Morgan fingerprint density at radius 3 is 2.41 bits per heavy atom. The Bertz CT molecular complexity index is 737. The van der Waals surface area contributed by atoms with E-state index in [2.05, 4.69) is 60.4 Å². The Morgan fingerprint density at radius 1 is 0.955 bits per heavy atom. The molecule has 2 nitrogen and oxygen atoms in total. The highest BCUT2D eigenvalue weighted by Gasteiger charge is 2.12. The van der Waals surface area contributed by atoms with Crippen molar-refractivity contribution in [1.82, 2.24) is 4.90 Å². The summed E-state index contributed by atoms with van der Waals surface area (Å²) in [5.41, 5.74) is 6.01. The van der Waals surface area contributed by atoms with Gasteiger partial charge in [-0.3, -0.25) is 4.99 Å². The molecule has 0 N–H and O–H groups in total. The smallest absolute Gasteiger partial charge is 0.0629 e. The fourth-order valence-corrected chi connectivity index (χ4v) is 2.57. The standard InChI is InChI=1S/C20H20N2/c1-22(2)19-13-12-16(14-19)20-11-7-6-8-17(20)15-21-18-9-4-3-5-10-18/h3-11,13-15H,12H2,1-2H3. The number of hydrogen-bond donors (Lipinski definition) is 0. The normalized spacial score (nSPS) is 14.1. The van der Waals surface area contributed by atoms with E-state index in [0.29, 0.717) is 0 Å². The summed E-state index contributed by atoms with van der Waals surface area (Å²) in [6.45, 7) is 0. The van der Waals surface area contributed by atoms with E-state index in [0.717, 1.165) is 17.7 Å². The van der Waals surface area contributed by atoms with E-state index >= 15 is 0 Å². The van der Waals surface area contributed by atoms with Gasteiger partial charge >= 0.3 is 0 Å². The van der Waals surface area contributed by atoms with E-state index in [-0.39, 0.29) is 0 Å². The van der Waals surface area contributed by atoms with Crippen molar-refractivity contribution >= 4 is 17.5 Å². The summed E-state index contributed by atoms with van der Waals surface area (Å²) in [6, 6.07) is 18.5. The molecule has 110 valence electrons. The fourth-order valence-electron chi connectivity index (χ4n) is 2.57. The van der Waals surface area contributed by atoms with Gasteiger partial charge in [-0.05, 0) is 35.8 Å². The molecule has 0 aromatic heterocycles. The predicted octanol–water partition coefficient (Wildman–Crippen LogP) is 4.67. The molecule has 0 atom stereocenters. The average molecular weight is 288 g/mol. The number of allylic oxidation sites excluding steroid dienone is 3. The van der Waals surface area contributed by atoms with Gasteiger partial charge in [-0.2, -0.15) is 0 Å². The summed E-state index contributed by atoms with van der Waals surface area (Å²) in [5, 5.41) is 0. The largest absolute Gasteiger partial charge is 0.378 e. The third-order valence-electron chi connectivity index (χ3n) is 3.79. The fraction of sp³-hybridized carbons (Fsp3) is 0.150. The summed E-state index contributed by atoms with van der Waals surface area (Å²) in [5.74, 6) is 0. The summed E-state index contributed by atoms with van der Waals surface area (Å²) >= 11 is 0. The van der Waals surface area contributed by atoms with Crippen LogP contribution in [-0.2, 0) is 0 Å². The molecule has 0 aliphatic heterocycles. The first-order valence-electron chi connectivity index (χ1n) is 7.50. The molecule has 0 heterocycles. The molecule has 3 rings (SSSR count). The maximum Gasteiger partial charge on any atom is 0.0629 e. The molecule has 0 radical (unpaired) electrons. The highest BCUT2D eigenvalue weighted by Crippen LogP contribution is 2.29. The Morgan fingerprint density at radius 2 is 1.68 bits per heavy atom. The van der Waals surface area contributed by atoms with Gasteiger partial charge in [0.2, 0.25) is 0 Å². The maximum absolute atomic E-state index is 4.58. The summed E-state index contributed by atoms with van der Waals surface area (Å²) in [7, 11) is 4.15. The number of nitrogens with zero attached hydrogens (tertiary/aromatic N) is 2. The highest BCUT2D eigenvalue weighted by atomic mass is 15.1. The van der Waals surface area contributed by atoms with Crippen molar-refractivity contribution in [2.45, 2.75) is 6.42 Å². The molecule has 0 fully saturated rings. The summed E-state index contributed by atoms with van der Waals surface area (Å²) in [6.07, 6.45) is 7.46. The van der Waals surface area contributed by atoms with Crippen LogP contribution >= 0.6 is 0 Å². The van der Waals surface area contributed by atoms with Gasteiger partial charge in [0.15, 0.2) is 0 Å². The van der Waals surface area contributed by atoms with Crippen molar-refractivity contribution in [1.29, 1.82) is 0 Å². The average Bonchev–Trinajstić information content (AvgIpc) is 3.04. The van der Waals surface area contributed by atoms with Crippen LogP contribution in [-0.4, -0.2) is 25.2 Å². The maximum atomic E-state index is 4.58. The number of rotatable bonds is 4. The van der Waals surface area contributed by atoms with Gasteiger partial charge < -0.3 is 4.90 Å². The van der Waals surface area contributed by atoms with E-state index in [1.54, 1.807) is 0 Å². The van der Waals surface area contributed by atoms with Crippen LogP contribution in [0.15, 0.2) is 77.4 Å². The molecule has 1 aliphatic carbocycles. The van der Waals surface area contributed by atoms with E-state index in [4.69, 9.17) is 0 Å². The highest BCUT2D eigenvalue weighted by molar-refractivity contribution is 5.91. The topological polar surface area (TPSA) is 15.6 Å². The minimum absolute atomic E-state index is 0.976. The van der Waals surface area contributed by atoms with Crippen molar-refractivity contribution < 1.29 is 0 Å². The van der Waals surface area contributed by atoms with Crippen LogP contribution in [0.1, 0.15) is 17.5 Å². The number of hydrogen-bond acceptors (Lipinski definition) is 2. The van der Waals surface area contributed by atoms with Crippen LogP contribution in [0.5, 0.6) is 0 Å². The Labute approximate surface area is 132 Å². The van der Waals surface area contributed by atoms with Gasteiger partial charge in [0.05, 0.1) is 5.69 Å². The minimum atomic E-state index is 0.976. The van der Waals surface area contributed by atoms with Crippen molar-refractivity contribution in [2.75, 3.05) is 14.1 Å². The molecular formula is C20H20N2. The Kier molecular flexibility index (Phi) is 4.19. The predicted molar refractivity (Wildman–Crippen MR) is 94.5 cm³/mol. The van der Waals surface area contributed by atoms with Crippen molar-refractivity contribution in [2.24, 2.45) is 4.99 Å². The first-order chi connectivity index (χ1) is 10.7. The molecule has 0 saturated heterocycles. The first kappa shape index (κ1) is 14.3. The molecule has 1 aliphatic rings. The first-order valence-corrected chi connectivity index (χ1v) is 7.50. The minimum Gasteiger partial charge on any atom is -0.378 e. The third kappa shape index (κ3) is 3.17. The molecule has 2 aromatic carbocycles. The number of para-hydroxylation sites is 1. The molecule has 0 bridgehead atoms. The lowest BCUT2D eigenvalue weighted by molar-refractivity contribution is 0.531. The molecule has 0 amide bonds. The number of likely N-dealkylation sites (N-methyl/N-ethyl adjacent to an activating group) is 1. The second kappa shape index (κ2) is 6.44. The zero-order valence-corrected chi connectivity index (χ0v) is 13.0. The second-order valence-electron chi connectivity index (χ2n) is 5.58. The third-order valence-corrected chi connectivity index (χ3v) is 3.79. The van der Waals surface area contributed by atoms with Crippen LogP contribution in [0, 0.1) is 0 Å². The van der Waals surface area contributed by atoms with Crippen molar-refractivity contribution in [3.05, 3.63) is 83.6 Å². The van der Waals surface area contributed by atoms with Gasteiger partial charge in [0.25, 0.3) is 0 Å². The van der Waals surface area contributed by atoms with Crippen molar-refractivity contribution in [3.63, 3.8) is 0 Å². The Balaban J connectivity index is 1.89. The lowest BCUT2D eigenvalue weighted by Gasteiger charge is -2.11. The van der Waals surface area contributed by atoms with Crippen LogP contribution in [0.2, 0.25) is 0 Å². The van der Waals surface area contributed by atoms with Gasteiger partial charge in [-0.1, -0.05) is 48.5 Å². The van der Waals surface area contributed by atoms with E-state index in [1.807, 2.05) is 36.5 Å². The SMILES string of the molecule is CN(C)C1=CCC(c2ccccc2C=Nc2ccccc2)=C1. The number of aliphatic imine (C=N–C) groups is 1. The Hall–Kier alpha value is -2.61. The lowest BCUT2D eigenvalue weighted by atomic mass is 9.99. The van der Waals surface area contributed by atoms with Gasteiger partial charge in [0, 0.05) is 31.6 Å². The lowest BCUT2D eigenvalue weighted by Crippen LogP contribution is -2.07. The van der Waals surface area contributed by atoms with Crippen molar-refractivity contribution in [3.8, 4) is 0 Å². The molecule has 22 heavy (non-hydrogen) atoms. The monoisotopic (exact) mass is 288 g/mol. The zero-order chi connectivity index (χ0) is 15.4. The van der Waals surface area contributed by atoms with Crippen LogP contribution in [0.3, 0.4) is 0 Å². The van der Waals surface area contributed by atoms with Crippen LogP contribution in [0.25, 0.3) is 5.57 Å². The van der Waals surface area contributed by atoms with E-state index in [9.17, 15) is 0 Å². The molecule has 0 saturated carbocycles. The van der Waals surface area contributed by atoms with E-state index < -0.39 is 0 Å². The van der Waals surface area contributed by atoms with Gasteiger partial charge in [-0.15, -0.1) is 0 Å². The molecular weight excluding hydrogens is 268 g/mol. The van der Waals surface area contributed by atoms with Gasteiger partial charge in [0.1, 0.15) is 0 Å². The van der Waals surface area contributed by atoms with Crippen LogP contribution in [0.4, 0.5) is 5.69 Å². The molecule has 2 heteroatoms. The van der Waals surface area contributed by atoms with Crippen LogP contribution < -0.4 is 0 Å². The molecule has 0 spiro atoms. The molecule has 0 unspecified atom stereocenters. The van der Waals surface area contributed by atoms with E-state index in [1.165, 1.54) is 16.8 Å². The zero-order valence-electron chi connectivity index (χ0n) is 13.0.